The monoisotopic (exact) mass is 182 g/mol. The molecule has 0 amide bonds. The van der Waals surface area contributed by atoms with E-state index in [1.54, 1.807) is 7.11 Å². The minimum Gasteiger partial charge on any atom is -0.370 e. The third-order valence-corrected chi connectivity index (χ3v) is 2.94. The summed E-state index contributed by atoms with van der Waals surface area (Å²) in [5, 5.41) is 0. The molecule has 0 spiro atoms. The van der Waals surface area contributed by atoms with Crippen molar-refractivity contribution in [3.8, 4) is 0 Å². The first-order chi connectivity index (χ1) is 6.25. The second-order valence-electron chi connectivity index (χ2n) is 3.68. The number of carbonyl (C=O) groups is 1. The normalized spacial score (nSPS) is 21.9. The zero-order valence-corrected chi connectivity index (χ0v) is 8.34. The highest BCUT2D eigenvalue weighted by atomic mass is 16.5. The van der Waals surface area contributed by atoms with Crippen LogP contribution in [0.1, 0.15) is 38.5 Å². The number of hydrogen-bond acceptors (Lipinski definition) is 2. The number of ketones is 1. The molecule has 1 aliphatic rings. The molecule has 1 fully saturated rings. The van der Waals surface area contributed by atoms with Gasteiger partial charge in [0.1, 0.15) is 5.60 Å². The topological polar surface area (TPSA) is 26.3 Å². The van der Waals surface area contributed by atoms with Crippen LogP contribution in [0.3, 0.4) is 0 Å². The maximum Gasteiger partial charge on any atom is 0.186 e. The summed E-state index contributed by atoms with van der Waals surface area (Å²) in [7, 11) is 1.63. The van der Waals surface area contributed by atoms with Crippen molar-refractivity contribution in [2.75, 3.05) is 7.11 Å². The molecule has 0 aromatic rings. The lowest BCUT2D eigenvalue weighted by molar-refractivity contribution is -0.137. The Balaban J connectivity index is 2.75. The van der Waals surface area contributed by atoms with Gasteiger partial charge in [0.2, 0.25) is 0 Å². The highest BCUT2D eigenvalue weighted by molar-refractivity contribution is 5.96. The molecule has 0 unspecified atom stereocenters. The number of rotatable bonds is 3. The Morgan fingerprint density at radius 3 is 2.23 bits per heavy atom. The van der Waals surface area contributed by atoms with Crippen molar-refractivity contribution in [2.24, 2.45) is 0 Å². The molecule has 0 saturated heterocycles. The Morgan fingerprint density at radius 2 is 1.85 bits per heavy atom. The quantitative estimate of drug-likeness (QED) is 0.495. The molecule has 0 aliphatic heterocycles. The van der Waals surface area contributed by atoms with Gasteiger partial charge >= 0.3 is 0 Å². The lowest BCUT2D eigenvalue weighted by Gasteiger charge is -2.28. The number of carbonyl (C=O) groups excluding carboxylic acids is 1. The van der Waals surface area contributed by atoms with Gasteiger partial charge in [-0.2, -0.15) is 0 Å². The van der Waals surface area contributed by atoms with Crippen LogP contribution in [-0.4, -0.2) is 18.5 Å². The summed E-state index contributed by atoms with van der Waals surface area (Å²) in [6, 6.07) is 0. The van der Waals surface area contributed by atoms with Crippen molar-refractivity contribution in [3.05, 3.63) is 12.7 Å². The molecule has 1 rings (SSSR count). The summed E-state index contributed by atoms with van der Waals surface area (Å²) in [6.07, 6.45) is 7.73. The molecule has 0 aromatic carbocycles. The Kier molecular flexibility index (Phi) is 3.67. The number of hydrogen-bond donors (Lipinski definition) is 0. The van der Waals surface area contributed by atoms with Gasteiger partial charge in [0.25, 0.3) is 0 Å². The Bertz CT molecular complexity index is 188. The van der Waals surface area contributed by atoms with Crippen LogP contribution in [0.25, 0.3) is 0 Å². The molecular weight excluding hydrogens is 164 g/mol. The SMILES string of the molecule is C=CC(=O)C1(OC)CCCCCC1. The second-order valence-corrected chi connectivity index (χ2v) is 3.68. The predicted octanol–water partition coefficient (Wildman–Crippen LogP) is 2.48. The molecule has 0 bridgehead atoms. The van der Waals surface area contributed by atoms with Gasteiger partial charge in [-0.05, 0) is 18.9 Å². The van der Waals surface area contributed by atoms with Gasteiger partial charge in [-0.25, -0.2) is 0 Å². The van der Waals surface area contributed by atoms with Crippen LogP contribution < -0.4 is 0 Å². The maximum atomic E-state index is 11.6. The summed E-state index contributed by atoms with van der Waals surface area (Å²) < 4.78 is 5.39. The van der Waals surface area contributed by atoms with Crippen molar-refractivity contribution in [3.63, 3.8) is 0 Å². The van der Waals surface area contributed by atoms with Gasteiger partial charge in [0.05, 0.1) is 0 Å². The molecule has 2 heteroatoms. The summed E-state index contributed by atoms with van der Waals surface area (Å²) in [5.41, 5.74) is -0.543. The highest BCUT2D eigenvalue weighted by Gasteiger charge is 2.36. The van der Waals surface area contributed by atoms with Gasteiger partial charge in [-0.15, -0.1) is 0 Å². The number of methoxy groups -OCH3 is 1. The maximum absolute atomic E-state index is 11.6. The Hall–Kier alpha value is -0.630. The third kappa shape index (κ3) is 2.19. The fourth-order valence-corrected chi connectivity index (χ4v) is 2.04. The van der Waals surface area contributed by atoms with Crippen LogP contribution in [0.15, 0.2) is 12.7 Å². The minimum absolute atomic E-state index is 0.0527. The average Bonchev–Trinajstić information content (AvgIpc) is 2.42. The van der Waals surface area contributed by atoms with E-state index in [9.17, 15) is 4.79 Å². The van der Waals surface area contributed by atoms with Crippen LogP contribution in [0.4, 0.5) is 0 Å². The predicted molar refractivity (Wildman–Crippen MR) is 52.6 cm³/mol. The van der Waals surface area contributed by atoms with Crippen molar-refractivity contribution >= 4 is 5.78 Å². The van der Waals surface area contributed by atoms with Gasteiger partial charge in [-0.1, -0.05) is 32.3 Å². The average molecular weight is 182 g/mol. The summed E-state index contributed by atoms with van der Waals surface area (Å²) >= 11 is 0. The van der Waals surface area contributed by atoms with Crippen molar-refractivity contribution in [1.29, 1.82) is 0 Å². The van der Waals surface area contributed by atoms with Crippen LogP contribution in [0.2, 0.25) is 0 Å². The molecule has 74 valence electrons. The zero-order valence-electron chi connectivity index (χ0n) is 8.34. The largest absolute Gasteiger partial charge is 0.370 e. The smallest absolute Gasteiger partial charge is 0.186 e. The van der Waals surface area contributed by atoms with E-state index < -0.39 is 5.60 Å². The first kappa shape index (κ1) is 10.5. The van der Waals surface area contributed by atoms with Gasteiger partial charge in [0, 0.05) is 7.11 Å². The van der Waals surface area contributed by atoms with Crippen molar-refractivity contribution in [2.45, 2.75) is 44.1 Å². The van der Waals surface area contributed by atoms with Crippen molar-refractivity contribution in [1.82, 2.24) is 0 Å². The lowest BCUT2D eigenvalue weighted by atomic mass is 9.89. The molecule has 0 heterocycles. The van der Waals surface area contributed by atoms with E-state index in [1.807, 2.05) is 0 Å². The van der Waals surface area contributed by atoms with E-state index in [-0.39, 0.29) is 5.78 Å². The lowest BCUT2D eigenvalue weighted by Crippen LogP contribution is -2.39. The molecule has 0 radical (unpaired) electrons. The van der Waals surface area contributed by atoms with E-state index in [0.29, 0.717) is 0 Å². The Labute approximate surface area is 80.0 Å². The standard InChI is InChI=1S/C11H18O2/c1-3-10(12)11(13-2)8-6-4-5-7-9-11/h3H,1,4-9H2,2H3. The van der Waals surface area contributed by atoms with E-state index >= 15 is 0 Å². The van der Waals surface area contributed by atoms with E-state index in [2.05, 4.69) is 6.58 Å². The summed E-state index contributed by atoms with van der Waals surface area (Å²) in [4.78, 5) is 11.6. The molecule has 1 saturated carbocycles. The first-order valence-electron chi connectivity index (χ1n) is 4.97. The van der Waals surface area contributed by atoms with Gasteiger partial charge in [-0.3, -0.25) is 4.79 Å². The molecule has 0 atom stereocenters. The molecule has 0 N–H and O–H groups in total. The van der Waals surface area contributed by atoms with E-state index in [0.717, 1.165) is 25.7 Å². The highest BCUT2D eigenvalue weighted by Crippen LogP contribution is 2.30. The first-order valence-corrected chi connectivity index (χ1v) is 4.97. The zero-order chi connectivity index (χ0) is 9.73. The summed E-state index contributed by atoms with van der Waals surface area (Å²) in [5.74, 6) is 0.0527. The summed E-state index contributed by atoms with van der Waals surface area (Å²) in [6.45, 7) is 3.53. The molecular formula is C11H18O2. The van der Waals surface area contributed by atoms with Crippen LogP contribution in [0.5, 0.6) is 0 Å². The van der Waals surface area contributed by atoms with Gasteiger partial charge in [0.15, 0.2) is 5.78 Å². The van der Waals surface area contributed by atoms with E-state index in [4.69, 9.17) is 4.74 Å². The van der Waals surface area contributed by atoms with Crippen LogP contribution in [0, 0.1) is 0 Å². The van der Waals surface area contributed by atoms with Crippen LogP contribution >= 0.6 is 0 Å². The van der Waals surface area contributed by atoms with Crippen LogP contribution in [-0.2, 0) is 9.53 Å². The molecule has 13 heavy (non-hydrogen) atoms. The fraction of sp³-hybridized carbons (Fsp3) is 0.727. The molecule has 1 aliphatic carbocycles. The molecule has 0 aromatic heterocycles. The number of ether oxygens (including phenoxy) is 1. The second kappa shape index (κ2) is 4.56. The fourth-order valence-electron chi connectivity index (χ4n) is 2.04. The third-order valence-electron chi connectivity index (χ3n) is 2.94. The molecule has 2 nitrogen and oxygen atoms in total. The van der Waals surface area contributed by atoms with Gasteiger partial charge < -0.3 is 4.74 Å². The Morgan fingerprint density at radius 1 is 1.31 bits per heavy atom. The minimum atomic E-state index is -0.543. The van der Waals surface area contributed by atoms with E-state index in [1.165, 1.54) is 18.9 Å². The van der Waals surface area contributed by atoms with Crippen molar-refractivity contribution < 1.29 is 9.53 Å².